The number of nitro groups is 1. The fourth-order valence-electron chi connectivity index (χ4n) is 2.02. The first-order chi connectivity index (χ1) is 8.72. The number of anilines is 1. The molecule has 0 radical (unpaired) electrons. The number of nitro benzene ring substituents is 1. The van der Waals surface area contributed by atoms with Gasteiger partial charge in [-0.2, -0.15) is 0 Å². The Morgan fingerprint density at radius 2 is 2.17 bits per heavy atom. The number of benzene rings is 1. The lowest BCUT2D eigenvalue weighted by molar-refractivity contribution is -0.385. The topological polar surface area (TPSA) is 55.6 Å². The Morgan fingerprint density at radius 3 is 2.78 bits per heavy atom. The molecule has 1 fully saturated rings. The summed E-state index contributed by atoms with van der Waals surface area (Å²) >= 11 is 0. The molecule has 1 aliphatic rings. The number of rotatable bonds is 3. The summed E-state index contributed by atoms with van der Waals surface area (Å²) in [5, 5.41) is 10.9. The predicted octanol–water partition coefficient (Wildman–Crippen LogP) is 1.61. The first-order valence-electron chi connectivity index (χ1n) is 5.76. The van der Waals surface area contributed by atoms with Gasteiger partial charge in [0.1, 0.15) is 0 Å². The van der Waals surface area contributed by atoms with Gasteiger partial charge in [0.2, 0.25) is 0 Å². The molecule has 1 aromatic carbocycles. The number of morpholine rings is 1. The highest BCUT2D eigenvalue weighted by atomic mass is 16.6. The molecule has 0 unspecified atom stereocenters. The van der Waals surface area contributed by atoms with Crippen molar-refractivity contribution in [3.05, 3.63) is 33.9 Å². The van der Waals surface area contributed by atoms with E-state index in [1.807, 2.05) is 6.07 Å². The number of hydrogen-bond donors (Lipinski definition) is 0. The fourth-order valence-corrected chi connectivity index (χ4v) is 2.02. The van der Waals surface area contributed by atoms with Crippen molar-refractivity contribution in [2.45, 2.75) is 6.42 Å². The van der Waals surface area contributed by atoms with Crippen LogP contribution >= 0.6 is 0 Å². The number of ether oxygens (including phenoxy) is 1. The van der Waals surface area contributed by atoms with Gasteiger partial charge in [-0.3, -0.25) is 10.1 Å². The monoisotopic (exact) mass is 246 g/mol. The molecule has 1 saturated heterocycles. The quantitative estimate of drug-likeness (QED) is 0.462. The first-order valence-corrected chi connectivity index (χ1v) is 5.76. The second-order valence-electron chi connectivity index (χ2n) is 4.05. The van der Waals surface area contributed by atoms with Crippen molar-refractivity contribution in [3.8, 4) is 12.3 Å². The van der Waals surface area contributed by atoms with E-state index in [1.165, 1.54) is 6.07 Å². The Labute approximate surface area is 106 Å². The molecule has 0 aromatic heterocycles. The Hall–Kier alpha value is -2.06. The van der Waals surface area contributed by atoms with Gasteiger partial charge in [0.25, 0.3) is 5.69 Å². The molecule has 0 saturated carbocycles. The molecule has 2 rings (SSSR count). The van der Waals surface area contributed by atoms with E-state index in [0.717, 1.165) is 18.8 Å². The van der Waals surface area contributed by atoms with Crippen LogP contribution in [0.5, 0.6) is 0 Å². The van der Waals surface area contributed by atoms with Gasteiger partial charge in [0, 0.05) is 36.8 Å². The molecule has 1 heterocycles. The fraction of sp³-hybridized carbons (Fsp3) is 0.385. The van der Waals surface area contributed by atoms with Crippen molar-refractivity contribution in [3.63, 3.8) is 0 Å². The van der Waals surface area contributed by atoms with Crippen molar-refractivity contribution in [2.24, 2.45) is 0 Å². The summed E-state index contributed by atoms with van der Waals surface area (Å²) in [4.78, 5) is 12.6. The molecule has 0 aliphatic carbocycles. The van der Waals surface area contributed by atoms with E-state index in [9.17, 15) is 10.1 Å². The third kappa shape index (κ3) is 2.60. The van der Waals surface area contributed by atoms with E-state index in [0.29, 0.717) is 18.8 Å². The van der Waals surface area contributed by atoms with Crippen LogP contribution in [0.2, 0.25) is 0 Å². The summed E-state index contributed by atoms with van der Waals surface area (Å²) in [6.07, 6.45) is 5.52. The van der Waals surface area contributed by atoms with Gasteiger partial charge in [-0.15, -0.1) is 12.3 Å². The largest absolute Gasteiger partial charge is 0.378 e. The lowest BCUT2D eigenvalue weighted by Crippen LogP contribution is -2.36. The molecule has 0 amide bonds. The zero-order valence-corrected chi connectivity index (χ0v) is 9.96. The van der Waals surface area contributed by atoms with Gasteiger partial charge in [-0.05, 0) is 12.1 Å². The van der Waals surface area contributed by atoms with E-state index in [2.05, 4.69) is 10.8 Å². The molecule has 5 nitrogen and oxygen atoms in total. The lowest BCUT2D eigenvalue weighted by atomic mass is 10.1. The van der Waals surface area contributed by atoms with Crippen LogP contribution in [0.25, 0.3) is 0 Å². The second-order valence-corrected chi connectivity index (χ2v) is 4.05. The van der Waals surface area contributed by atoms with Crippen molar-refractivity contribution in [1.82, 2.24) is 0 Å². The molecule has 1 aromatic rings. The molecule has 0 atom stereocenters. The third-order valence-corrected chi connectivity index (χ3v) is 2.93. The summed E-state index contributed by atoms with van der Waals surface area (Å²) in [5.74, 6) is 2.46. The van der Waals surface area contributed by atoms with Gasteiger partial charge in [-0.25, -0.2) is 0 Å². The van der Waals surface area contributed by atoms with E-state index < -0.39 is 4.92 Å². The van der Waals surface area contributed by atoms with E-state index >= 15 is 0 Å². The maximum Gasteiger partial charge on any atom is 0.273 e. The van der Waals surface area contributed by atoms with Crippen LogP contribution < -0.4 is 4.90 Å². The normalized spacial score (nSPS) is 15.2. The Bertz CT molecular complexity index is 487. The van der Waals surface area contributed by atoms with Crippen LogP contribution in [0, 0.1) is 22.5 Å². The number of nitrogens with zero attached hydrogens (tertiary/aromatic N) is 2. The third-order valence-electron chi connectivity index (χ3n) is 2.93. The second kappa shape index (κ2) is 5.52. The molecule has 1 aliphatic heterocycles. The molecule has 0 spiro atoms. The van der Waals surface area contributed by atoms with Gasteiger partial charge in [-0.1, -0.05) is 0 Å². The average molecular weight is 246 g/mol. The smallest absolute Gasteiger partial charge is 0.273 e. The summed E-state index contributed by atoms with van der Waals surface area (Å²) < 4.78 is 5.28. The maximum absolute atomic E-state index is 10.9. The molecule has 94 valence electrons. The van der Waals surface area contributed by atoms with Gasteiger partial charge in [0.05, 0.1) is 18.1 Å². The van der Waals surface area contributed by atoms with Crippen LogP contribution in [-0.4, -0.2) is 31.2 Å². The highest BCUT2D eigenvalue weighted by Gasteiger charge is 2.17. The van der Waals surface area contributed by atoms with Crippen molar-refractivity contribution in [2.75, 3.05) is 31.2 Å². The van der Waals surface area contributed by atoms with Crippen LogP contribution in [0.3, 0.4) is 0 Å². The Balaban J connectivity index is 2.30. The molecule has 5 heteroatoms. The highest BCUT2D eigenvalue weighted by Crippen LogP contribution is 2.25. The molecular weight excluding hydrogens is 232 g/mol. The molecular formula is C13H14N2O3. The van der Waals surface area contributed by atoms with Crippen LogP contribution in [-0.2, 0) is 11.2 Å². The van der Waals surface area contributed by atoms with E-state index in [1.54, 1.807) is 6.07 Å². The van der Waals surface area contributed by atoms with Gasteiger partial charge in [0.15, 0.2) is 0 Å². The van der Waals surface area contributed by atoms with Crippen LogP contribution in [0.1, 0.15) is 5.56 Å². The number of hydrogen-bond acceptors (Lipinski definition) is 4. The molecule has 0 bridgehead atoms. The van der Waals surface area contributed by atoms with E-state index in [4.69, 9.17) is 11.2 Å². The zero-order valence-electron chi connectivity index (χ0n) is 9.96. The summed E-state index contributed by atoms with van der Waals surface area (Å²) in [7, 11) is 0. The van der Waals surface area contributed by atoms with Crippen molar-refractivity contribution in [1.29, 1.82) is 0 Å². The average Bonchev–Trinajstić information content (AvgIpc) is 2.40. The minimum atomic E-state index is -0.393. The Morgan fingerprint density at radius 1 is 1.44 bits per heavy atom. The van der Waals surface area contributed by atoms with Gasteiger partial charge < -0.3 is 9.64 Å². The highest BCUT2D eigenvalue weighted by molar-refractivity contribution is 5.56. The molecule has 18 heavy (non-hydrogen) atoms. The number of terminal acetylenes is 1. The minimum Gasteiger partial charge on any atom is -0.378 e. The van der Waals surface area contributed by atoms with Gasteiger partial charge >= 0.3 is 0 Å². The summed E-state index contributed by atoms with van der Waals surface area (Å²) in [6.45, 7) is 2.96. The van der Waals surface area contributed by atoms with E-state index in [-0.39, 0.29) is 12.1 Å². The Kier molecular flexibility index (Phi) is 3.80. The standard InChI is InChI=1S/C13H14N2O3/c1-2-3-11-10-12(4-5-13(11)15(16)17)14-6-8-18-9-7-14/h1,4-5,10H,3,6-9H2. The maximum atomic E-state index is 10.9. The first kappa shape index (κ1) is 12.4. The minimum absolute atomic E-state index is 0.0879. The SMILES string of the molecule is C#CCc1cc(N2CCOCC2)ccc1[N+](=O)[O-]. The zero-order chi connectivity index (χ0) is 13.0. The summed E-state index contributed by atoms with van der Waals surface area (Å²) in [5.41, 5.74) is 1.64. The summed E-state index contributed by atoms with van der Waals surface area (Å²) in [6, 6.07) is 5.10. The lowest BCUT2D eigenvalue weighted by Gasteiger charge is -2.29. The van der Waals surface area contributed by atoms with Crippen LogP contribution in [0.15, 0.2) is 18.2 Å². The van der Waals surface area contributed by atoms with Crippen LogP contribution in [0.4, 0.5) is 11.4 Å². The molecule has 0 N–H and O–H groups in total. The predicted molar refractivity (Wildman–Crippen MR) is 68.7 cm³/mol. The van der Waals surface area contributed by atoms with Crippen molar-refractivity contribution < 1.29 is 9.66 Å². The van der Waals surface area contributed by atoms with Crippen molar-refractivity contribution >= 4 is 11.4 Å².